The van der Waals surface area contributed by atoms with Gasteiger partial charge in [0.05, 0.1) is 0 Å². The van der Waals surface area contributed by atoms with Gasteiger partial charge in [-0.25, -0.2) is 0 Å². The van der Waals surface area contributed by atoms with E-state index in [9.17, 15) is 9.59 Å². The minimum absolute atomic E-state index is 0.00377. The van der Waals surface area contributed by atoms with Crippen molar-refractivity contribution in [3.8, 4) is 0 Å². The monoisotopic (exact) mass is 464 g/mol. The Morgan fingerprint density at radius 2 is 1.97 bits per heavy atom. The number of amides is 2. The van der Waals surface area contributed by atoms with Gasteiger partial charge in [-0.15, -0.1) is 0 Å². The van der Waals surface area contributed by atoms with Gasteiger partial charge in [-0.2, -0.15) is 0 Å². The van der Waals surface area contributed by atoms with E-state index in [1.54, 1.807) is 0 Å². The molecule has 0 spiro atoms. The molecule has 2 amide bonds. The normalized spacial score (nSPS) is 20.5. The molecular formula is C22H33BrN4O2. The van der Waals surface area contributed by atoms with Crippen LogP contribution >= 0.6 is 15.9 Å². The molecule has 0 unspecified atom stereocenters. The molecule has 1 aromatic rings. The molecule has 7 heteroatoms. The Hall–Kier alpha value is -1.44. The highest BCUT2D eigenvalue weighted by Gasteiger charge is 2.23. The van der Waals surface area contributed by atoms with Crippen LogP contribution in [0.4, 0.5) is 0 Å². The predicted octanol–water partition coefficient (Wildman–Crippen LogP) is 2.59. The maximum absolute atomic E-state index is 13.2. The number of nitrogens with one attached hydrogen (secondary N) is 1. The number of halogens is 1. The number of likely N-dealkylation sites (tertiary alicyclic amines) is 1. The lowest BCUT2D eigenvalue weighted by atomic mass is 10.0. The fourth-order valence-corrected chi connectivity index (χ4v) is 4.56. The van der Waals surface area contributed by atoms with E-state index in [0.717, 1.165) is 43.7 Å². The van der Waals surface area contributed by atoms with Gasteiger partial charge in [0.1, 0.15) is 0 Å². The average molecular weight is 465 g/mol. The molecule has 3 rings (SSSR count). The fourth-order valence-electron chi connectivity index (χ4n) is 4.16. The second-order valence-electron chi connectivity index (χ2n) is 8.06. The molecule has 2 fully saturated rings. The molecule has 1 N–H and O–H groups in total. The van der Waals surface area contributed by atoms with Gasteiger partial charge in [0.25, 0.3) is 5.91 Å². The molecule has 0 bridgehead atoms. The second-order valence-corrected chi connectivity index (χ2v) is 8.98. The quantitative estimate of drug-likeness (QED) is 0.673. The summed E-state index contributed by atoms with van der Waals surface area (Å²) in [7, 11) is 0. The van der Waals surface area contributed by atoms with E-state index in [-0.39, 0.29) is 11.8 Å². The van der Waals surface area contributed by atoms with E-state index >= 15 is 0 Å². The van der Waals surface area contributed by atoms with Gasteiger partial charge >= 0.3 is 0 Å². The molecule has 6 nitrogen and oxygen atoms in total. The lowest BCUT2D eigenvalue weighted by molar-refractivity contribution is -0.131. The summed E-state index contributed by atoms with van der Waals surface area (Å²) in [6.07, 6.45) is 4.12. The zero-order valence-corrected chi connectivity index (χ0v) is 19.0. The number of hydrogen-bond donors (Lipinski definition) is 1. The first-order valence-electron chi connectivity index (χ1n) is 10.8. The zero-order chi connectivity index (χ0) is 20.6. The fraction of sp³-hybridized carbons (Fsp3) is 0.636. The van der Waals surface area contributed by atoms with Crippen molar-refractivity contribution < 1.29 is 9.59 Å². The maximum Gasteiger partial charge on any atom is 0.253 e. The number of benzene rings is 1. The standard InChI is InChI=1S/C22H33BrN4O2/c1-18-5-2-3-11-25(18)15-16-27(22(29)19-6-4-7-20(23)17-19)12-8-21(28)26-13-9-24-10-14-26/h4,6-7,17-18,24H,2-3,5,8-16H2,1H3/t18-/m1/s1. The van der Waals surface area contributed by atoms with Gasteiger partial charge in [-0.1, -0.05) is 28.4 Å². The van der Waals surface area contributed by atoms with Crippen LogP contribution in [0, 0.1) is 0 Å². The van der Waals surface area contributed by atoms with Crippen LogP contribution in [-0.2, 0) is 4.79 Å². The third-order valence-electron chi connectivity index (χ3n) is 6.02. The number of carbonyl (C=O) groups is 2. The Kier molecular flexibility index (Phi) is 8.51. The van der Waals surface area contributed by atoms with Crippen molar-refractivity contribution in [3.05, 3.63) is 34.3 Å². The second kappa shape index (κ2) is 11.1. The summed E-state index contributed by atoms with van der Waals surface area (Å²) in [5.41, 5.74) is 0.667. The minimum Gasteiger partial charge on any atom is -0.340 e. The van der Waals surface area contributed by atoms with Gasteiger partial charge in [0.15, 0.2) is 0 Å². The van der Waals surface area contributed by atoms with Crippen LogP contribution in [-0.4, -0.2) is 84.9 Å². The number of hydrogen-bond acceptors (Lipinski definition) is 4. The largest absolute Gasteiger partial charge is 0.340 e. The molecule has 0 aliphatic carbocycles. The van der Waals surface area contributed by atoms with Crippen LogP contribution in [0.5, 0.6) is 0 Å². The van der Waals surface area contributed by atoms with Crippen LogP contribution in [0.2, 0.25) is 0 Å². The smallest absolute Gasteiger partial charge is 0.253 e. The summed E-state index contributed by atoms with van der Waals surface area (Å²) in [6, 6.07) is 8.08. The summed E-state index contributed by atoms with van der Waals surface area (Å²) in [4.78, 5) is 32.1. The Bertz CT molecular complexity index is 693. The summed E-state index contributed by atoms with van der Waals surface area (Å²) < 4.78 is 0.893. The summed E-state index contributed by atoms with van der Waals surface area (Å²) in [6.45, 7) is 8.56. The molecule has 2 heterocycles. The van der Waals surface area contributed by atoms with E-state index in [1.807, 2.05) is 34.1 Å². The summed E-state index contributed by atoms with van der Waals surface area (Å²) in [5, 5.41) is 3.27. The highest BCUT2D eigenvalue weighted by Crippen LogP contribution is 2.17. The molecule has 1 atom stereocenters. The first-order valence-corrected chi connectivity index (χ1v) is 11.6. The van der Waals surface area contributed by atoms with Gasteiger partial charge in [-0.05, 0) is 44.5 Å². The molecule has 0 aromatic heterocycles. The predicted molar refractivity (Wildman–Crippen MR) is 119 cm³/mol. The molecule has 160 valence electrons. The Labute approximate surface area is 182 Å². The van der Waals surface area contributed by atoms with Gasteiger partial charge < -0.3 is 15.1 Å². The van der Waals surface area contributed by atoms with Gasteiger partial charge in [0.2, 0.25) is 5.91 Å². The van der Waals surface area contributed by atoms with Crippen LogP contribution < -0.4 is 5.32 Å². The van der Waals surface area contributed by atoms with Crippen molar-refractivity contribution in [2.75, 3.05) is 52.4 Å². The third-order valence-corrected chi connectivity index (χ3v) is 6.52. The minimum atomic E-state index is 0.00377. The van der Waals surface area contributed by atoms with Crippen LogP contribution in [0.15, 0.2) is 28.7 Å². The van der Waals surface area contributed by atoms with Gasteiger partial charge in [0, 0.05) is 68.3 Å². The van der Waals surface area contributed by atoms with E-state index in [0.29, 0.717) is 31.1 Å². The third kappa shape index (κ3) is 6.52. The van der Waals surface area contributed by atoms with Crippen molar-refractivity contribution in [1.29, 1.82) is 0 Å². The van der Waals surface area contributed by atoms with Crippen molar-refractivity contribution in [3.63, 3.8) is 0 Å². The number of carbonyl (C=O) groups excluding carboxylic acids is 2. The lowest BCUT2D eigenvalue weighted by Gasteiger charge is -2.35. The number of piperidine rings is 1. The number of rotatable bonds is 7. The summed E-state index contributed by atoms with van der Waals surface area (Å²) >= 11 is 3.46. The van der Waals surface area contributed by atoms with Crippen molar-refractivity contribution in [2.45, 2.75) is 38.6 Å². The highest BCUT2D eigenvalue weighted by atomic mass is 79.9. The van der Waals surface area contributed by atoms with E-state index in [4.69, 9.17) is 0 Å². The molecule has 2 aliphatic heterocycles. The Morgan fingerprint density at radius 3 is 2.69 bits per heavy atom. The molecule has 29 heavy (non-hydrogen) atoms. The first kappa shape index (κ1) is 22.2. The first-order chi connectivity index (χ1) is 14.0. The number of nitrogens with zero attached hydrogens (tertiary/aromatic N) is 3. The Morgan fingerprint density at radius 1 is 1.17 bits per heavy atom. The maximum atomic E-state index is 13.2. The average Bonchev–Trinajstić information content (AvgIpc) is 2.75. The van der Waals surface area contributed by atoms with Gasteiger partial charge in [-0.3, -0.25) is 14.5 Å². The highest BCUT2D eigenvalue weighted by molar-refractivity contribution is 9.10. The van der Waals surface area contributed by atoms with E-state index < -0.39 is 0 Å². The SMILES string of the molecule is C[C@@H]1CCCCN1CCN(CCC(=O)N1CCNCC1)C(=O)c1cccc(Br)c1. The van der Waals surface area contributed by atoms with Crippen LogP contribution in [0.25, 0.3) is 0 Å². The lowest BCUT2D eigenvalue weighted by Crippen LogP contribution is -2.48. The van der Waals surface area contributed by atoms with Crippen molar-refractivity contribution in [1.82, 2.24) is 20.0 Å². The molecule has 2 aliphatic rings. The molecule has 2 saturated heterocycles. The molecular weight excluding hydrogens is 432 g/mol. The molecule has 1 aromatic carbocycles. The van der Waals surface area contributed by atoms with E-state index in [1.165, 1.54) is 19.3 Å². The van der Waals surface area contributed by atoms with Crippen molar-refractivity contribution in [2.24, 2.45) is 0 Å². The number of piperazine rings is 1. The Balaban J connectivity index is 1.63. The zero-order valence-electron chi connectivity index (χ0n) is 17.4. The molecule has 0 radical (unpaired) electrons. The van der Waals surface area contributed by atoms with Crippen LogP contribution in [0.3, 0.4) is 0 Å². The van der Waals surface area contributed by atoms with Crippen molar-refractivity contribution >= 4 is 27.7 Å². The molecule has 0 saturated carbocycles. The van der Waals surface area contributed by atoms with E-state index in [2.05, 4.69) is 33.1 Å². The summed E-state index contributed by atoms with van der Waals surface area (Å²) in [5.74, 6) is 0.147. The topological polar surface area (TPSA) is 55.9 Å². The van der Waals surface area contributed by atoms with Crippen LogP contribution in [0.1, 0.15) is 43.0 Å².